The van der Waals surface area contributed by atoms with E-state index in [1.54, 1.807) is 0 Å². The van der Waals surface area contributed by atoms with Crippen LogP contribution in [-0.4, -0.2) is 11.8 Å². The third-order valence-electron chi connectivity index (χ3n) is 1.31. The van der Waals surface area contributed by atoms with Gasteiger partial charge in [-0.3, -0.25) is 0 Å². The Balaban J connectivity index is 3.06. The van der Waals surface area contributed by atoms with Crippen molar-refractivity contribution in [1.82, 2.24) is 0 Å². The van der Waals surface area contributed by atoms with Gasteiger partial charge in [0.2, 0.25) is 0 Å². The van der Waals surface area contributed by atoms with Crippen molar-refractivity contribution in [2.45, 2.75) is 32.2 Å². The van der Waals surface area contributed by atoms with E-state index in [1.165, 1.54) is 11.8 Å². The molecule has 2 N–H and O–H groups in total. The molecule has 0 aromatic rings. The van der Waals surface area contributed by atoms with Crippen LogP contribution in [0.4, 0.5) is 0 Å². The summed E-state index contributed by atoms with van der Waals surface area (Å²) in [5.41, 5.74) is 5.70. The van der Waals surface area contributed by atoms with Gasteiger partial charge in [-0.25, -0.2) is 0 Å². The van der Waals surface area contributed by atoms with E-state index in [2.05, 4.69) is 6.92 Å². The minimum absolute atomic E-state index is 0.297. The van der Waals surface area contributed by atoms with Crippen LogP contribution in [0.5, 0.6) is 0 Å². The van der Waals surface area contributed by atoms with Crippen LogP contribution in [0.1, 0.15) is 26.2 Å². The zero-order chi connectivity index (χ0) is 7.82. The molecule has 0 spiro atoms. The van der Waals surface area contributed by atoms with Crippen LogP contribution in [-0.2, 0) is 0 Å². The van der Waals surface area contributed by atoms with Gasteiger partial charge in [0.1, 0.15) is 5.40 Å². The van der Waals surface area contributed by atoms with Crippen molar-refractivity contribution in [2.75, 3.05) is 5.75 Å². The van der Waals surface area contributed by atoms with Crippen LogP contribution in [0.3, 0.4) is 0 Å². The summed E-state index contributed by atoms with van der Waals surface area (Å²) in [7, 11) is 0. The monoisotopic (exact) mass is 158 g/mol. The van der Waals surface area contributed by atoms with E-state index in [1.807, 2.05) is 5.40 Å². The largest absolute Gasteiger partial charge is 0.328 e. The summed E-state index contributed by atoms with van der Waals surface area (Å²) in [4.78, 5) is 0. The summed E-state index contributed by atoms with van der Waals surface area (Å²) in [5, 5.41) is 10.2. The minimum atomic E-state index is 0.297. The fraction of sp³-hybridized carbons (Fsp3) is 0.857. The highest BCUT2D eigenvalue weighted by molar-refractivity contribution is 8.03. The van der Waals surface area contributed by atoms with Crippen molar-refractivity contribution in [1.29, 1.82) is 5.26 Å². The van der Waals surface area contributed by atoms with E-state index in [0.29, 0.717) is 6.04 Å². The predicted octanol–water partition coefficient (Wildman–Crippen LogP) is 1.72. The lowest BCUT2D eigenvalue weighted by atomic mass is 10.1. The maximum atomic E-state index is 8.18. The number of nitriles is 1. The molecule has 0 fully saturated rings. The second kappa shape index (κ2) is 6.91. The van der Waals surface area contributed by atoms with Gasteiger partial charge in [0.05, 0.1) is 0 Å². The molecule has 0 aromatic carbocycles. The number of nitrogens with zero attached hydrogens (tertiary/aromatic N) is 1. The Kier molecular flexibility index (Phi) is 6.78. The first-order chi connectivity index (χ1) is 4.81. The lowest BCUT2D eigenvalue weighted by Gasteiger charge is -2.06. The van der Waals surface area contributed by atoms with E-state index < -0.39 is 0 Å². The lowest BCUT2D eigenvalue weighted by molar-refractivity contribution is 0.591. The van der Waals surface area contributed by atoms with Crippen molar-refractivity contribution in [3.8, 4) is 5.40 Å². The molecule has 0 amide bonds. The molecule has 1 atom stereocenters. The number of rotatable bonds is 5. The number of thiocyanates is 1. The van der Waals surface area contributed by atoms with Crippen molar-refractivity contribution in [3.63, 3.8) is 0 Å². The van der Waals surface area contributed by atoms with Crippen LogP contribution >= 0.6 is 11.8 Å². The Morgan fingerprint density at radius 3 is 2.80 bits per heavy atom. The molecule has 0 rings (SSSR count). The molecule has 0 saturated carbocycles. The van der Waals surface area contributed by atoms with Gasteiger partial charge in [-0.05, 0) is 24.6 Å². The molecule has 0 saturated heterocycles. The van der Waals surface area contributed by atoms with Gasteiger partial charge in [0, 0.05) is 11.8 Å². The fourth-order valence-corrected chi connectivity index (χ4v) is 1.28. The van der Waals surface area contributed by atoms with Crippen molar-refractivity contribution >= 4 is 11.8 Å². The van der Waals surface area contributed by atoms with Gasteiger partial charge in [0.15, 0.2) is 0 Å². The first-order valence-electron chi connectivity index (χ1n) is 3.57. The van der Waals surface area contributed by atoms with Crippen molar-refractivity contribution in [2.24, 2.45) is 5.73 Å². The van der Waals surface area contributed by atoms with Crippen LogP contribution in [0.2, 0.25) is 0 Å². The first-order valence-corrected chi connectivity index (χ1v) is 4.56. The van der Waals surface area contributed by atoms with E-state index in [-0.39, 0.29) is 0 Å². The van der Waals surface area contributed by atoms with Crippen molar-refractivity contribution < 1.29 is 0 Å². The Labute approximate surface area is 66.8 Å². The third-order valence-corrected chi connectivity index (χ3v) is 1.88. The molecule has 0 aromatic heterocycles. The highest BCUT2D eigenvalue weighted by Crippen LogP contribution is 2.04. The molecule has 0 aliphatic carbocycles. The summed E-state index contributed by atoms with van der Waals surface area (Å²) < 4.78 is 0. The van der Waals surface area contributed by atoms with Gasteiger partial charge in [0.25, 0.3) is 0 Å². The maximum Gasteiger partial charge on any atom is 0.133 e. The second-order valence-electron chi connectivity index (χ2n) is 2.28. The van der Waals surface area contributed by atoms with Gasteiger partial charge in [-0.15, -0.1) is 0 Å². The molecular weight excluding hydrogens is 144 g/mol. The van der Waals surface area contributed by atoms with E-state index in [9.17, 15) is 0 Å². The molecule has 2 nitrogen and oxygen atoms in total. The molecule has 0 aliphatic rings. The van der Waals surface area contributed by atoms with Gasteiger partial charge in [-0.2, -0.15) is 5.26 Å². The Bertz CT molecular complexity index is 109. The zero-order valence-electron chi connectivity index (χ0n) is 6.34. The van der Waals surface area contributed by atoms with E-state index in [4.69, 9.17) is 11.0 Å². The average molecular weight is 158 g/mol. The molecule has 3 heteroatoms. The molecule has 1 unspecified atom stereocenters. The summed E-state index contributed by atoms with van der Waals surface area (Å²) in [6.07, 6.45) is 3.18. The Hall–Kier alpha value is -0.200. The predicted molar refractivity (Wildman–Crippen MR) is 45.6 cm³/mol. The molecule has 58 valence electrons. The highest BCUT2D eigenvalue weighted by atomic mass is 32.2. The lowest BCUT2D eigenvalue weighted by Crippen LogP contribution is -2.19. The normalized spacial score (nSPS) is 12.5. The van der Waals surface area contributed by atoms with Crippen LogP contribution < -0.4 is 5.73 Å². The number of nitrogens with two attached hydrogens (primary N) is 1. The standard InChI is InChI=1S/C7H14N2S/c1-2-3-7(9)4-5-10-6-8/h7H,2-5,9H2,1H3. The summed E-state index contributed by atoms with van der Waals surface area (Å²) >= 11 is 1.29. The number of thioether (sulfide) groups is 1. The second-order valence-corrected chi connectivity index (χ2v) is 3.16. The molecule has 10 heavy (non-hydrogen) atoms. The van der Waals surface area contributed by atoms with Crippen LogP contribution in [0.25, 0.3) is 0 Å². The fourth-order valence-electron chi connectivity index (χ4n) is 0.771. The Morgan fingerprint density at radius 2 is 2.30 bits per heavy atom. The topological polar surface area (TPSA) is 49.8 Å². The van der Waals surface area contributed by atoms with Crippen LogP contribution in [0.15, 0.2) is 0 Å². The molecule has 0 heterocycles. The molecule has 0 radical (unpaired) electrons. The smallest absolute Gasteiger partial charge is 0.133 e. The maximum absolute atomic E-state index is 8.18. The van der Waals surface area contributed by atoms with Gasteiger partial charge in [-0.1, -0.05) is 13.3 Å². The first kappa shape index (κ1) is 9.80. The summed E-state index contributed by atoms with van der Waals surface area (Å²) in [5.74, 6) is 0.873. The molecular formula is C7H14N2S. The molecule has 0 aliphatic heterocycles. The molecule has 0 bridgehead atoms. The van der Waals surface area contributed by atoms with Crippen LogP contribution in [0, 0.1) is 10.7 Å². The zero-order valence-corrected chi connectivity index (χ0v) is 7.16. The summed E-state index contributed by atoms with van der Waals surface area (Å²) in [6.45, 7) is 2.12. The van der Waals surface area contributed by atoms with E-state index >= 15 is 0 Å². The highest BCUT2D eigenvalue weighted by Gasteiger charge is 1.99. The van der Waals surface area contributed by atoms with Gasteiger partial charge < -0.3 is 5.73 Å². The van der Waals surface area contributed by atoms with Crippen molar-refractivity contribution in [3.05, 3.63) is 0 Å². The Morgan fingerprint density at radius 1 is 1.60 bits per heavy atom. The summed E-state index contributed by atoms with van der Waals surface area (Å²) in [6, 6.07) is 0.297. The quantitative estimate of drug-likeness (QED) is 0.489. The third kappa shape index (κ3) is 5.93. The SMILES string of the molecule is CCCC(N)CCSC#N. The minimum Gasteiger partial charge on any atom is -0.328 e. The van der Waals surface area contributed by atoms with E-state index in [0.717, 1.165) is 25.0 Å². The number of hydrogen-bond acceptors (Lipinski definition) is 3. The number of hydrogen-bond donors (Lipinski definition) is 1. The average Bonchev–Trinajstić information content (AvgIpc) is 1.89. The van der Waals surface area contributed by atoms with Gasteiger partial charge >= 0.3 is 0 Å².